The van der Waals surface area contributed by atoms with Gasteiger partial charge in [0.2, 0.25) is 5.91 Å². The van der Waals surface area contributed by atoms with E-state index in [2.05, 4.69) is 12.2 Å². The van der Waals surface area contributed by atoms with Gasteiger partial charge in [-0.2, -0.15) is 0 Å². The molecule has 0 bridgehead atoms. The first-order valence-corrected chi connectivity index (χ1v) is 6.82. The number of nitrogens with one attached hydrogen (secondary N) is 1. The van der Waals surface area contributed by atoms with E-state index in [9.17, 15) is 9.18 Å². The van der Waals surface area contributed by atoms with E-state index in [-0.39, 0.29) is 35.6 Å². The van der Waals surface area contributed by atoms with Crippen LogP contribution in [-0.4, -0.2) is 19.1 Å². The number of benzene rings is 1. The summed E-state index contributed by atoms with van der Waals surface area (Å²) in [4.78, 5) is 11.7. The van der Waals surface area contributed by atoms with Crippen LogP contribution in [0, 0.1) is 17.7 Å². The van der Waals surface area contributed by atoms with Gasteiger partial charge in [0.05, 0.1) is 13.0 Å². The molecule has 3 N–H and O–H groups in total. The first-order valence-electron chi connectivity index (χ1n) is 6.82. The molecule has 1 saturated heterocycles. The van der Waals surface area contributed by atoms with Crippen molar-refractivity contribution in [1.29, 1.82) is 0 Å². The highest BCUT2D eigenvalue weighted by atomic mass is 19.1. The minimum Gasteiger partial charge on any atom is -0.494 e. The molecular weight excluding hydrogens is 259 g/mol. The van der Waals surface area contributed by atoms with Crippen molar-refractivity contribution in [1.82, 2.24) is 5.32 Å². The van der Waals surface area contributed by atoms with Crippen molar-refractivity contribution in [3.05, 3.63) is 29.6 Å². The molecule has 0 aromatic heterocycles. The predicted molar refractivity (Wildman–Crippen MR) is 74.8 cm³/mol. The van der Waals surface area contributed by atoms with Gasteiger partial charge in [-0.05, 0) is 37.0 Å². The van der Waals surface area contributed by atoms with Gasteiger partial charge < -0.3 is 15.8 Å². The van der Waals surface area contributed by atoms with Crippen molar-refractivity contribution in [2.24, 2.45) is 17.6 Å². The van der Waals surface area contributed by atoms with E-state index in [0.717, 1.165) is 12.0 Å². The maximum absolute atomic E-state index is 13.9. The third-order valence-corrected chi connectivity index (χ3v) is 4.03. The molecule has 0 radical (unpaired) electrons. The molecule has 1 heterocycles. The van der Waals surface area contributed by atoms with Crippen molar-refractivity contribution >= 4 is 5.91 Å². The molecule has 4 atom stereocenters. The van der Waals surface area contributed by atoms with E-state index >= 15 is 0 Å². The normalized spacial score (nSPS) is 30.0. The summed E-state index contributed by atoms with van der Waals surface area (Å²) in [6, 6.07) is 4.77. The van der Waals surface area contributed by atoms with Gasteiger partial charge in [-0.1, -0.05) is 13.0 Å². The molecule has 20 heavy (non-hydrogen) atoms. The summed E-state index contributed by atoms with van der Waals surface area (Å²) in [5.41, 5.74) is 6.25. The molecule has 110 valence electrons. The molecule has 5 heteroatoms. The van der Waals surface area contributed by atoms with Crippen LogP contribution in [0.3, 0.4) is 0 Å². The number of hydrogen-bond donors (Lipinski definition) is 2. The lowest BCUT2D eigenvalue weighted by atomic mass is 9.76. The Balaban J connectivity index is 2.36. The molecule has 1 amide bonds. The number of hydrogen-bond acceptors (Lipinski definition) is 3. The second-order valence-corrected chi connectivity index (χ2v) is 5.58. The summed E-state index contributed by atoms with van der Waals surface area (Å²) in [6.45, 7) is 4.07. The molecule has 0 aliphatic carbocycles. The zero-order valence-electron chi connectivity index (χ0n) is 12.0. The fourth-order valence-corrected chi connectivity index (χ4v) is 3.14. The van der Waals surface area contributed by atoms with Gasteiger partial charge in [0.15, 0.2) is 11.6 Å². The molecule has 2 rings (SSSR count). The van der Waals surface area contributed by atoms with Crippen molar-refractivity contribution in [3.63, 3.8) is 0 Å². The van der Waals surface area contributed by atoms with Crippen molar-refractivity contribution in [2.75, 3.05) is 7.11 Å². The largest absolute Gasteiger partial charge is 0.494 e. The van der Waals surface area contributed by atoms with Crippen LogP contribution in [0.5, 0.6) is 5.75 Å². The lowest BCUT2D eigenvalue weighted by Crippen LogP contribution is -2.49. The molecule has 1 aliphatic rings. The van der Waals surface area contributed by atoms with Gasteiger partial charge in [0.1, 0.15) is 0 Å². The Kier molecular flexibility index (Phi) is 4.28. The average Bonchev–Trinajstić information content (AvgIpc) is 2.37. The molecule has 1 aromatic rings. The van der Waals surface area contributed by atoms with E-state index in [1.807, 2.05) is 6.92 Å². The van der Waals surface area contributed by atoms with Crippen molar-refractivity contribution < 1.29 is 13.9 Å². The van der Waals surface area contributed by atoms with Gasteiger partial charge in [-0.3, -0.25) is 4.79 Å². The maximum atomic E-state index is 13.9. The molecule has 4 unspecified atom stereocenters. The van der Waals surface area contributed by atoms with Gasteiger partial charge in [-0.15, -0.1) is 0 Å². The van der Waals surface area contributed by atoms with Gasteiger partial charge in [0, 0.05) is 12.1 Å². The SMILES string of the molecule is COc1ccc(C2NC(C)CC(C)C2C(N)=O)cc1F. The van der Waals surface area contributed by atoms with Crippen molar-refractivity contribution in [3.8, 4) is 5.75 Å². The Morgan fingerprint density at radius 2 is 2.15 bits per heavy atom. The number of ether oxygens (including phenoxy) is 1. The van der Waals surface area contributed by atoms with Crippen LogP contribution in [0.15, 0.2) is 18.2 Å². The van der Waals surface area contributed by atoms with E-state index < -0.39 is 5.82 Å². The number of amides is 1. The van der Waals surface area contributed by atoms with Gasteiger partial charge in [-0.25, -0.2) is 4.39 Å². The predicted octanol–water partition coefficient (Wildman–Crippen LogP) is 1.99. The molecule has 4 nitrogen and oxygen atoms in total. The molecule has 0 saturated carbocycles. The first kappa shape index (κ1) is 14.8. The number of methoxy groups -OCH3 is 1. The smallest absolute Gasteiger partial charge is 0.222 e. The van der Waals surface area contributed by atoms with E-state index in [1.165, 1.54) is 13.2 Å². The van der Waals surface area contributed by atoms with Crippen LogP contribution in [-0.2, 0) is 4.79 Å². The Hall–Kier alpha value is -1.62. The lowest BCUT2D eigenvalue weighted by Gasteiger charge is -2.39. The lowest BCUT2D eigenvalue weighted by molar-refractivity contribution is -0.125. The minimum absolute atomic E-state index is 0.166. The zero-order valence-corrected chi connectivity index (χ0v) is 12.0. The highest BCUT2D eigenvalue weighted by Gasteiger charge is 2.38. The molecule has 1 aliphatic heterocycles. The summed E-state index contributed by atoms with van der Waals surface area (Å²) in [5.74, 6) is -0.752. The number of piperidine rings is 1. The fraction of sp³-hybridized carbons (Fsp3) is 0.533. The van der Waals surface area contributed by atoms with E-state index in [4.69, 9.17) is 10.5 Å². The van der Waals surface area contributed by atoms with E-state index in [0.29, 0.717) is 0 Å². The molecular formula is C15H21FN2O2. The number of halogens is 1. The van der Waals surface area contributed by atoms with Crippen LogP contribution < -0.4 is 15.8 Å². The van der Waals surface area contributed by atoms with Crippen LogP contribution in [0.2, 0.25) is 0 Å². The Morgan fingerprint density at radius 3 is 2.70 bits per heavy atom. The molecule has 1 fully saturated rings. The fourth-order valence-electron chi connectivity index (χ4n) is 3.14. The van der Waals surface area contributed by atoms with E-state index in [1.54, 1.807) is 12.1 Å². The third-order valence-electron chi connectivity index (χ3n) is 4.03. The maximum Gasteiger partial charge on any atom is 0.222 e. The van der Waals surface area contributed by atoms with Crippen LogP contribution in [0.25, 0.3) is 0 Å². The summed E-state index contributed by atoms with van der Waals surface area (Å²) in [6.07, 6.45) is 0.878. The quantitative estimate of drug-likeness (QED) is 0.890. The topological polar surface area (TPSA) is 64.3 Å². The average molecular weight is 280 g/mol. The van der Waals surface area contributed by atoms with Crippen LogP contribution in [0.1, 0.15) is 31.9 Å². The highest BCUT2D eigenvalue weighted by molar-refractivity contribution is 5.78. The van der Waals surface area contributed by atoms with Gasteiger partial charge in [0.25, 0.3) is 0 Å². The highest BCUT2D eigenvalue weighted by Crippen LogP contribution is 2.36. The van der Waals surface area contributed by atoms with Crippen LogP contribution in [0.4, 0.5) is 4.39 Å². The summed E-state index contributed by atoms with van der Waals surface area (Å²) in [5, 5.41) is 3.35. The second kappa shape index (κ2) is 5.79. The number of rotatable bonds is 3. The Bertz CT molecular complexity index is 507. The number of carbonyl (C=O) groups excluding carboxylic acids is 1. The Labute approximate surface area is 118 Å². The Morgan fingerprint density at radius 1 is 1.45 bits per heavy atom. The summed E-state index contributed by atoms with van der Waals surface area (Å²) < 4.78 is 18.8. The second-order valence-electron chi connectivity index (χ2n) is 5.58. The minimum atomic E-state index is -0.430. The number of nitrogens with two attached hydrogens (primary N) is 1. The first-order chi connectivity index (χ1) is 9.43. The number of carbonyl (C=O) groups is 1. The summed E-state index contributed by atoms with van der Waals surface area (Å²) in [7, 11) is 1.42. The third kappa shape index (κ3) is 2.77. The standard InChI is InChI=1S/C15H21FN2O2/c1-8-6-9(2)18-14(13(8)15(17)19)10-4-5-12(20-3)11(16)7-10/h4-5,7-9,13-14,18H,6H2,1-3H3,(H2,17,19). The molecule has 1 aromatic carbocycles. The van der Waals surface area contributed by atoms with Crippen LogP contribution >= 0.6 is 0 Å². The zero-order chi connectivity index (χ0) is 14.9. The number of primary amides is 1. The van der Waals surface area contributed by atoms with Gasteiger partial charge >= 0.3 is 0 Å². The molecule has 0 spiro atoms. The monoisotopic (exact) mass is 280 g/mol. The van der Waals surface area contributed by atoms with Crippen molar-refractivity contribution in [2.45, 2.75) is 32.4 Å². The summed E-state index contributed by atoms with van der Waals surface area (Å²) >= 11 is 0.